The Morgan fingerprint density at radius 3 is 2.82 bits per heavy atom. The number of aryl methyl sites for hydroxylation is 2. The summed E-state index contributed by atoms with van der Waals surface area (Å²) < 4.78 is 4.60. The van der Waals surface area contributed by atoms with Gasteiger partial charge in [0, 0.05) is 25.9 Å². The van der Waals surface area contributed by atoms with Crippen LogP contribution in [0.2, 0.25) is 0 Å². The SMILES string of the molecule is CC(C)c1n[nH]c(=S)n1CCc1nncn1C. The van der Waals surface area contributed by atoms with Crippen LogP contribution >= 0.6 is 12.2 Å². The van der Waals surface area contributed by atoms with E-state index in [1.807, 2.05) is 16.2 Å². The Hall–Kier alpha value is -1.50. The van der Waals surface area contributed by atoms with Crippen LogP contribution in [0.4, 0.5) is 0 Å². The van der Waals surface area contributed by atoms with Crippen molar-refractivity contribution in [1.29, 1.82) is 0 Å². The summed E-state index contributed by atoms with van der Waals surface area (Å²) in [4.78, 5) is 0. The summed E-state index contributed by atoms with van der Waals surface area (Å²) in [5.74, 6) is 2.28. The number of hydrogen-bond donors (Lipinski definition) is 1. The fourth-order valence-corrected chi connectivity index (χ4v) is 1.96. The van der Waals surface area contributed by atoms with Gasteiger partial charge in [-0.15, -0.1) is 10.2 Å². The van der Waals surface area contributed by atoms with Crippen LogP contribution < -0.4 is 0 Å². The Bertz CT molecular complexity index is 549. The zero-order chi connectivity index (χ0) is 12.4. The quantitative estimate of drug-likeness (QED) is 0.836. The minimum atomic E-state index is 0.349. The minimum absolute atomic E-state index is 0.349. The fraction of sp³-hybridized carbons (Fsp3) is 0.600. The maximum atomic E-state index is 5.22. The molecule has 0 fully saturated rings. The zero-order valence-electron chi connectivity index (χ0n) is 10.2. The summed E-state index contributed by atoms with van der Waals surface area (Å²) in [6.07, 6.45) is 2.50. The molecule has 0 amide bonds. The molecule has 0 aliphatic heterocycles. The summed E-state index contributed by atoms with van der Waals surface area (Å²) in [6.45, 7) is 4.98. The molecule has 0 aliphatic rings. The Kier molecular flexibility index (Phi) is 3.37. The number of rotatable bonds is 4. The molecule has 7 heteroatoms. The number of aromatic nitrogens is 6. The van der Waals surface area contributed by atoms with Crippen LogP contribution in [0.1, 0.15) is 31.4 Å². The average Bonchev–Trinajstić information content (AvgIpc) is 2.82. The summed E-state index contributed by atoms with van der Waals surface area (Å²) in [5.41, 5.74) is 0. The highest BCUT2D eigenvalue weighted by Crippen LogP contribution is 2.12. The average molecular weight is 252 g/mol. The largest absolute Gasteiger partial charge is 0.321 e. The van der Waals surface area contributed by atoms with Crippen LogP contribution in [0.3, 0.4) is 0 Å². The van der Waals surface area contributed by atoms with Crippen LogP contribution in [0, 0.1) is 4.77 Å². The van der Waals surface area contributed by atoms with Crippen molar-refractivity contribution in [3.63, 3.8) is 0 Å². The first-order valence-electron chi connectivity index (χ1n) is 5.57. The number of H-pyrrole nitrogens is 1. The van der Waals surface area contributed by atoms with E-state index in [2.05, 4.69) is 34.2 Å². The zero-order valence-corrected chi connectivity index (χ0v) is 11.0. The standard InChI is InChI=1S/C10H16N6S/c1-7(2)9-13-14-10(17)16(9)5-4-8-12-11-6-15(8)3/h6-7H,4-5H2,1-3H3,(H,14,17). The summed E-state index contributed by atoms with van der Waals surface area (Å²) >= 11 is 5.22. The lowest BCUT2D eigenvalue weighted by molar-refractivity contribution is 0.592. The molecular weight excluding hydrogens is 236 g/mol. The molecule has 2 aromatic heterocycles. The summed E-state index contributed by atoms with van der Waals surface area (Å²) in [7, 11) is 1.94. The molecule has 0 unspecified atom stereocenters. The normalized spacial score (nSPS) is 11.3. The van der Waals surface area contributed by atoms with Crippen molar-refractivity contribution >= 4 is 12.2 Å². The first kappa shape index (κ1) is 12.0. The van der Waals surface area contributed by atoms with Crippen molar-refractivity contribution in [2.75, 3.05) is 0 Å². The van der Waals surface area contributed by atoms with E-state index in [4.69, 9.17) is 12.2 Å². The monoisotopic (exact) mass is 252 g/mol. The molecule has 6 nitrogen and oxygen atoms in total. The molecule has 0 atom stereocenters. The van der Waals surface area contributed by atoms with Gasteiger partial charge in [0.1, 0.15) is 18.0 Å². The van der Waals surface area contributed by atoms with Gasteiger partial charge in [-0.1, -0.05) is 13.8 Å². The molecule has 0 aliphatic carbocycles. The second-order valence-corrected chi connectivity index (χ2v) is 4.69. The predicted molar refractivity (Wildman–Crippen MR) is 66.2 cm³/mol. The molecule has 0 saturated carbocycles. The topological polar surface area (TPSA) is 64.3 Å². The van der Waals surface area contributed by atoms with Gasteiger partial charge in [-0.2, -0.15) is 5.10 Å². The van der Waals surface area contributed by atoms with E-state index in [1.165, 1.54) is 0 Å². The van der Waals surface area contributed by atoms with E-state index < -0.39 is 0 Å². The van der Waals surface area contributed by atoms with E-state index >= 15 is 0 Å². The van der Waals surface area contributed by atoms with Gasteiger partial charge < -0.3 is 9.13 Å². The fourth-order valence-electron chi connectivity index (χ4n) is 1.73. The third kappa shape index (κ3) is 2.44. The van der Waals surface area contributed by atoms with E-state index in [9.17, 15) is 0 Å². The second-order valence-electron chi connectivity index (χ2n) is 4.30. The lowest BCUT2D eigenvalue weighted by atomic mass is 10.2. The Balaban J connectivity index is 2.17. The lowest BCUT2D eigenvalue weighted by Crippen LogP contribution is -2.10. The van der Waals surface area contributed by atoms with E-state index in [-0.39, 0.29) is 0 Å². The van der Waals surface area contributed by atoms with Crippen molar-refractivity contribution in [3.8, 4) is 0 Å². The van der Waals surface area contributed by atoms with E-state index in [1.54, 1.807) is 6.33 Å². The Morgan fingerprint density at radius 1 is 1.47 bits per heavy atom. The van der Waals surface area contributed by atoms with Gasteiger partial charge in [-0.25, -0.2) is 0 Å². The molecule has 2 aromatic rings. The molecule has 0 saturated heterocycles. The van der Waals surface area contributed by atoms with Gasteiger partial charge in [0.15, 0.2) is 4.77 Å². The highest BCUT2D eigenvalue weighted by Gasteiger charge is 2.10. The van der Waals surface area contributed by atoms with Crippen molar-refractivity contribution in [2.24, 2.45) is 7.05 Å². The second kappa shape index (κ2) is 4.79. The van der Waals surface area contributed by atoms with Gasteiger partial charge in [0.2, 0.25) is 0 Å². The lowest BCUT2D eigenvalue weighted by Gasteiger charge is -2.08. The van der Waals surface area contributed by atoms with Crippen LogP contribution in [-0.2, 0) is 20.0 Å². The van der Waals surface area contributed by atoms with Gasteiger partial charge in [0.25, 0.3) is 0 Å². The first-order valence-corrected chi connectivity index (χ1v) is 5.98. The molecule has 2 rings (SSSR count). The maximum absolute atomic E-state index is 5.22. The van der Waals surface area contributed by atoms with Crippen LogP contribution in [0.15, 0.2) is 6.33 Å². The molecule has 0 radical (unpaired) electrons. The number of nitrogens with zero attached hydrogens (tertiary/aromatic N) is 5. The Morgan fingerprint density at radius 2 is 2.24 bits per heavy atom. The van der Waals surface area contributed by atoms with Crippen LogP contribution in [0.5, 0.6) is 0 Å². The van der Waals surface area contributed by atoms with Gasteiger partial charge in [-0.3, -0.25) is 5.10 Å². The van der Waals surface area contributed by atoms with Gasteiger partial charge in [-0.05, 0) is 12.2 Å². The van der Waals surface area contributed by atoms with Crippen LogP contribution in [-0.4, -0.2) is 29.5 Å². The third-order valence-electron chi connectivity index (χ3n) is 2.67. The number of aromatic amines is 1. The van der Waals surface area contributed by atoms with Crippen LogP contribution in [0.25, 0.3) is 0 Å². The summed E-state index contributed by atoms with van der Waals surface area (Å²) in [5, 5.41) is 15.0. The van der Waals surface area contributed by atoms with Gasteiger partial charge >= 0.3 is 0 Å². The molecule has 1 N–H and O–H groups in total. The highest BCUT2D eigenvalue weighted by molar-refractivity contribution is 7.71. The Labute approximate surface area is 105 Å². The third-order valence-corrected chi connectivity index (χ3v) is 2.98. The van der Waals surface area contributed by atoms with E-state index in [0.717, 1.165) is 24.6 Å². The van der Waals surface area contributed by atoms with Gasteiger partial charge in [0.05, 0.1) is 0 Å². The molecular formula is C10H16N6S. The molecule has 2 heterocycles. The minimum Gasteiger partial charge on any atom is -0.321 e. The van der Waals surface area contributed by atoms with Crippen molar-refractivity contribution < 1.29 is 0 Å². The molecule has 92 valence electrons. The smallest absolute Gasteiger partial charge is 0.195 e. The molecule has 0 bridgehead atoms. The maximum Gasteiger partial charge on any atom is 0.195 e. The van der Waals surface area contributed by atoms with Crippen molar-refractivity contribution in [3.05, 3.63) is 22.7 Å². The van der Waals surface area contributed by atoms with Crippen molar-refractivity contribution in [2.45, 2.75) is 32.7 Å². The highest BCUT2D eigenvalue weighted by atomic mass is 32.1. The number of nitrogens with one attached hydrogen (secondary N) is 1. The molecule has 0 spiro atoms. The molecule has 0 aromatic carbocycles. The number of hydrogen-bond acceptors (Lipinski definition) is 4. The van der Waals surface area contributed by atoms with Crippen molar-refractivity contribution in [1.82, 2.24) is 29.5 Å². The first-order chi connectivity index (χ1) is 8.09. The van der Waals surface area contributed by atoms with E-state index in [0.29, 0.717) is 10.7 Å². The predicted octanol–water partition coefficient (Wildman–Crippen LogP) is 1.44. The molecule has 17 heavy (non-hydrogen) atoms. The summed E-state index contributed by atoms with van der Waals surface area (Å²) in [6, 6.07) is 0.